The Bertz CT molecular complexity index is 1530. The summed E-state index contributed by atoms with van der Waals surface area (Å²) in [4.78, 5) is 0. The molecule has 3 rings (SSSR count). The molecule has 0 aromatic heterocycles. The van der Waals surface area contributed by atoms with Crippen LogP contribution in [-0.2, 0) is 0 Å². The van der Waals surface area contributed by atoms with Gasteiger partial charge >= 0.3 is 0 Å². The molecule has 0 saturated heterocycles. The largest absolute Gasteiger partial charge is 0.254 e. The van der Waals surface area contributed by atoms with Gasteiger partial charge in [-0.2, -0.15) is 0 Å². The maximum absolute atomic E-state index is 15.6. The average molecular weight is 682 g/mol. The van der Waals surface area contributed by atoms with Gasteiger partial charge in [-0.05, 0) is 41.5 Å². The summed E-state index contributed by atoms with van der Waals surface area (Å²) in [7, 11) is -2.65. The lowest BCUT2D eigenvalue weighted by Gasteiger charge is -2.40. The summed E-state index contributed by atoms with van der Waals surface area (Å²) in [6, 6.07) is 0. The number of hydrogen-bond donors (Lipinski definition) is 0. The third-order valence-electron chi connectivity index (χ3n) is 6.94. The highest BCUT2D eigenvalue weighted by atomic mass is 31.1. The molecule has 0 amide bonds. The molecule has 0 aliphatic rings. The molecule has 0 nitrogen and oxygen atoms in total. The van der Waals surface area contributed by atoms with Crippen LogP contribution in [0, 0.1) is 98.7 Å². The molecule has 17 heteroatoms. The van der Waals surface area contributed by atoms with Gasteiger partial charge in [0.15, 0.2) is 58.5 Å². The second kappa shape index (κ2) is 11.8. The van der Waals surface area contributed by atoms with Gasteiger partial charge in [0.2, 0.25) is 0 Å². The minimum Gasteiger partial charge on any atom is -0.254 e. The van der Waals surface area contributed by atoms with Crippen molar-refractivity contribution >= 4 is 30.5 Å². The van der Waals surface area contributed by atoms with E-state index in [1.165, 1.54) is 41.5 Å². The molecule has 0 bridgehead atoms. The van der Waals surface area contributed by atoms with Crippen LogP contribution in [0.5, 0.6) is 0 Å². The Balaban J connectivity index is 3.00. The van der Waals surface area contributed by atoms with Crippen molar-refractivity contribution in [2.45, 2.75) is 51.9 Å². The summed E-state index contributed by atoms with van der Waals surface area (Å²) < 4.78 is 223. The molecule has 45 heavy (non-hydrogen) atoms. The molecule has 0 heterocycles. The van der Waals surface area contributed by atoms with E-state index in [1.54, 1.807) is 5.82 Å². The molecule has 244 valence electrons. The Morgan fingerprint density at radius 2 is 0.533 bits per heavy atom. The maximum atomic E-state index is 15.6. The van der Waals surface area contributed by atoms with Crippen molar-refractivity contribution in [1.82, 2.24) is 0 Å². The normalized spacial score (nSPS) is 12.6. The van der Waals surface area contributed by atoms with Crippen LogP contribution in [0.15, 0.2) is 0 Å². The third kappa shape index (κ3) is 5.55. The van der Waals surface area contributed by atoms with Crippen LogP contribution in [0.3, 0.4) is 0 Å². The van der Waals surface area contributed by atoms with Gasteiger partial charge in [-0.3, -0.25) is 5.82 Å². The number of rotatable bonds is 3. The molecule has 0 aliphatic heterocycles. The zero-order valence-electron chi connectivity index (χ0n) is 23.7. The van der Waals surface area contributed by atoms with Crippen molar-refractivity contribution in [2.75, 3.05) is 0 Å². The SMILES string of the molecule is CC(C)(C)[PH+](C#C[B-](c1c(F)c(F)c(F)c(F)c1F)(c1c(F)c(F)c(F)c(F)c1F)c1c(F)c(F)c(F)c(F)c1F)C(C)(C)C. The Morgan fingerprint density at radius 3 is 0.711 bits per heavy atom. The first kappa shape index (κ1) is 36.1. The number of halogens is 15. The predicted octanol–water partition coefficient (Wildman–Crippen LogP) is 7.55. The van der Waals surface area contributed by atoms with Crippen molar-refractivity contribution in [3.05, 3.63) is 87.3 Å². The Morgan fingerprint density at radius 1 is 0.356 bits per heavy atom. The standard InChI is InChI=1S/C28H18BF15P/c1-27(2,3)45(28(4,5)6)8-7-29(9-12(30)18(36)24(42)19(37)13(9)31,10-14(32)20(38)25(43)21(39)15(10)33)11-16(34)22(40)26(44)23(41)17(11)35/h1-6H3/q-1/p+1. The van der Waals surface area contributed by atoms with Gasteiger partial charge in [-0.25, -0.2) is 65.9 Å². The van der Waals surface area contributed by atoms with Crippen LogP contribution >= 0.6 is 7.92 Å². The number of benzene rings is 3. The summed E-state index contributed by atoms with van der Waals surface area (Å²) in [6.07, 6.45) is -5.89. The van der Waals surface area contributed by atoms with Crippen molar-refractivity contribution in [2.24, 2.45) is 0 Å². The molecular weight excluding hydrogens is 663 g/mol. The lowest BCUT2D eigenvalue weighted by Crippen LogP contribution is -2.72. The molecule has 0 spiro atoms. The van der Waals surface area contributed by atoms with Gasteiger partial charge < -0.3 is 0 Å². The zero-order valence-corrected chi connectivity index (χ0v) is 24.7. The quantitative estimate of drug-likeness (QED) is 0.0669. The minimum absolute atomic E-state index is 1.05. The van der Waals surface area contributed by atoms with Crippen molar-refractivity contribution < 1.29 is 65.9 Å². The van der Waals surface area contributed by atoms with E-state index < -0.39 is 128 Å². The van der Waals surface area contributed by atoms with E-state index in [0.29, 0.717) is 0 Å². The first-order valence-electron chi connectivity index (χ1n) is 12.5. The average Bonchev–Trinajstić information content (AvgIpc) is 2.93. The third-order valence-corrected chi connectivity index (χ3v) is 10.3. The number of hydrogen-bond acceptors (Lipinski definition) is 0. The predicted molar refractivity (Wildman–Crippen MR) is 139 cm³/mol. The summed E-state index contributed by atoms with van der Waals surface area (Å²) in [6.45, 7) is 8.78. The molecule has 3 aromatic carbocycles. The fraction of sp³-hybridized carbons (Fsp3) is 0.286. The van der Waals surface area contributed by atoms with E-state index in [0.717, 1.165) is 0 Å². The first-order valence-corrected chi connectivity index (χ1v) is 14.0. The molecule has 3 aromatic rings. The van der Waals surface area contributed by atoms with Gasteiger partial charge in [0.1, 0.15) is 34.9 Å². The molecular formula is C28H19BF15P. The molecule has 0 fully saturated rings. The fourth-order valence-electron chi connectivity index (χ4n) is 5.34. The molecule has 0 saturated carbocycles. The van der Waals surface area contributed by atoms with Crippen LogP contribution in [0.4, 0.5) is 65.9 Å². The summed E-state index contributed by atoms with van der Waals surface area (Å²) >= 11 is 0. The van der Waals surface area contributed by atoms with E-state index in [1.807, 2.05) is 0 Å². The Hall–Kier alpha value is -3.34. The van der Waals surface area contributed by atoms with Crippen molar-refractivity contribution in [3.63, 3.8) is 0 Å². The van der Waals surface area contributed by atoms with Crippen LogP contribution in [0.25, 0.3) is 0 Å². The summed E-state index contributed by atoms with van der Waals surface area (Å²) in [5, 5.41) is -2.11. The van der Waals surface area contributed by atoms with Crippen LogP contribution in [0.2, 0.25) is 0 Å². The van der Waals surface area contributed by atoms with Gasteiger partial charge in [0.05, 0.1) is 18.2 Å². The first-order chi connectivity index (χ1) is 20.4. The smallest absolute Gasteiger partial charge is 0.200 e. The topological polar surface area (TPSA) is 0 Å². The molecule has 0 aliphatic carbocycles. The van der Waals surface area contributed by atoms with E-state index in [9.17, 15) is 39.5 Å². The molecule has 0 unspecified atom stereocenters. The highest BCUT2D eigenvalue weighted by Gasteiger charge is 2.49. The molecule has 0 radical (unpaired) electrons. The lowest BCUT2D eigenvalue weighted by atomic mass is 9.15. The second-order valence-corrected chi connectivity index (χ2v) is 16.0. The summed E-state index contributed by atoms with van der Waals surface area (Å²) in [5.74, 6) is -44.1. The van der Waals surface area contributed by atoms with E-state index in [4.69, 9.17) is 0 Å². The fourth-order valence-corrected chi connectivity index (χ4v) is 8.70. The Labute approximate surface area is 247 Å². The van der Waals surface area contributed by atoms with Crippen LogP contribution in [-0.4, -0.2) is 16.5 Å². The lowest BCUT2D eigenvalue weighted by molar-refractivity contribution is 0.380. The van der Waals surface area contributed by atoms with Gasteiger partial charge in [-0.15, -0.1) is 16.4 Å². The highest BCUT2D eigenvalue weighted by Crippen LogP contribution is 2.58. The van der Waals surface area contributed by atoms with Crippen LogP contribution < -0.4 is 16.4 Å². The van der Waals surface area contributed by atoms with E-state index in [-0.39, 0.29) is 0 Å². The Kier molecular flexibility index (Phi) is 9.47. The van der Waals surface area contributed by atoms with E-state index in [2.05, 4.69) is 5.66 Å². The minimum atomic E-state index is -5.89. The van der Waals surface area contributed by atoms with Crippen molar-refractivity contribution in [1.29, 1.82) is 0 Å². The van der Waals surface area contributed by atoms with Crippen molar-refractivity contribution in [3.8, 4) is 11.5 Å². The zero-order chi connectivity index (χ0) is 34.9. The monoisotopic (exact) mass is 682 g/mol. The van der Waals surface area contributed by atoms with Gasteiger partial charge in [-0.1, -0.05) is 0 Å². The van der Waals surface area contributed by atoms with Crippen LogP contribution in [0.1, 0.15) is 41.5 Å². The highest BCUT2D eigenvalue weighted by molar-refractivity contribution is 7.66. The van der Waals surface area contributed by atoms with E-state index >= 15 is 26.3 Å². The van der Waals surface area contributed by atoms with Gasteiger partial charge in [0.25, 0.3) is 0 Å². The van der Waals surface area contributed by atoms with Gasteiger partial charge in [0, 0.05) is 5.66 Å². The summed E-state index contributed by atoms with van der Waals surface area (Å²) in [5.41, 5.74) is -5.96. The second-order valence-electron chi connectivity index (χ2n) is 12.0. The maximum Gasteiger partial charge on any atom is 0.200 e. The molecule has 0 N–H and O–H groups in total. The molecule has 0 atom stereocenters.